The molecule has 4 nitrogen and oxygen atoms in total. The Morgan fingerprint density at radius 2 is 2.10 bits per heavy atom. The standard InChI is InChI=1S/C14H10ClFN2O2/c15-11-5-4-9(7-17-11)12-13(20-14(19)18-12)8-2-1-3-10(16)6-8/h1-7,12-13H,(H,18,19)/t12?,13-/m1/s1. The fourth-order valence-corrected chi connectivity index (χ4v) is 2.31. The minimum atomic E-state index is -0.596. The number of nitrogens with one attached hydrogen (secondary N) is 1. The van der Waals surface area contributed by atoms with Crippen LogP contribution in [-0.4, -0.2) is 11.1 Å². The molecule has 1 N–H and O–H groups in total. The summed E-state index contributed by atoms with van der Waals surface area (Å²) in [6, 6.07) is 8.94. The van der Waals surface area contributed by atoms with Crippen molar-refractivity contribution in [3.63, 3.8) is 0 Å². The summed E-state index contributed by atoms with van der Waals surface area (Å²) >= 11 is 5.74. The fourth-order valence-electron chi connectivity index (χ4n) is 2.19. The molecular formula is C14H10ClFN2O2. The number of alkyl carbamates (subject to hydrolysis) is 1. The van der Waals surface area contributed by atoms with Gasteiger partial charge in [-0.15, -0.1) is 0 Å². The van der Waals surface area contributed by atoms with Crippen molar-refractivity contribution in [1.82, 2.24) is 10.3 Å². The molecular weight excluding hydrogens is 283 g/mol. The molecule has 2 heterocycles. The summed E-state index contributed by atoms with van der Waals surface area (Å²) < 4.78 is 18.5. The van der Waals surface area contributed by atoms with Gasteiger partial charge in [0, 0.05) is 6.20 Å². The third kappa shape index (κ3) is 2.44. The number of carbonyl (C=O) groups is 1. The molecule has 1 aromatic carbocycles. The van der Waals surface area contributed by atoms with Crippen LogP contribution >= 0.6 is 11.6 Å². The number of hydrogen-bond donors (Lipinski definition) is 1. The highest BCUT2D eigenvalue weighted by molar-refractivity contribution is 6.29. The molecule has 2 aromatic rings. The molecule has 3 rings (SSSR count). The third-order valence-electron chi connectivity index (χ3n) is 3.10. The van der Waals surface area contributed by atoms with E-state index < -0.39 is 18.2 Å². The van der Waals surface area contributed by atoms with Crippen molar-refractivity contribution in [1.29, 1.82) is 0 Å². The van der Waals surface area contributed by atoms with Crippen molar-refractivity contribution >= 4 is 17.7 Å². The lowest BCUT2D eigenvalue weighted by molar-refractivity contribution is 0.132. The van der Waals surface area contributed by atoms with E-state index in [1.54, 1.807) is 30.5 Å². The zero-order valence-electron chi connectivity index (χ0n) is 10.2. The average Bonchev–Trinajstić information content (AvgIpc) is 2.82. The number of halogens is 2. The van der Waals surface area contributed by atoms with Crippen molar-refractivity contribution in [3.8, 4) is 0 Å². The second-order valence-electron chi connectivity index (χ2n) is 4.42. The summed E-state index contributed by atoms with van der Waals surface area (Å²) in [6.07, 6.45) is 0.425. The van der Waals surface area contributed by atoms with E-state index >= 15 is 0 Å². The third-order valence-corrected chi connectivity index (χ3v) is 3.32. The molecule has 102 valence electrons. The Bertz CT molecular complexity index is 648. The molecule has 20 heavy (non-hydrogen) atoms. The highest BCUT2D eigenvalue weighted by Crippen LogP contribution is 2.36. The van der Waals surface area contributed by atoms with Gasteiger partial charge in [-0.3, -0.25) is 0 Å². The van der Waals surface area contributed by atoms with Crippen LogP contribution in [0, 0.1) is 5.82 Å². The summed E-state index contributed by atoms with van der Waals surface area (Å²) in [6.45, 7) is 0. The predicted molar refractivity (Wildman–Crippen MR) is 70.7 cm³/mol. The number of benzene rings is 1. The van der Waals surface area contributed by atoms with Gasteiger partial charge < -0.3 is 10.1 Å². The van der Waals surface area contributed by atoms with E-state index in [2.05, 4.69) is 10.3 Å². The number of nitrogens with zero attached hydrogens (tertiary/aromatic N) is 1. The molecule has 1 unspecified atom stereocenters. The molecule has 0 saturated carbocycles. The van der Waals surface area contributed by atoms with Gasteiger partial charge in [0.15, 0.2) is 6.10 Å². The van der Waals surface area contributed by atoms with Crippen LogP contribution in [0.2, 0.25) is 5.15 Å². The number of ether oxygens (including phenoxy) is 1. The van der Waals surface area contributed by atoms with Crippen LogP contribution in [0.3, 0.4) is 0 Å². The minimum absolute atomic E-state index is 0.362. The largest absolute Gasteiger partial charge is 0.439 e. The van der Waals surface area contributed by atoms with E-state index in [0.29, 0.717) is 10.7 Å². The van der Waals surface area contributed by atoms with Crippen molar-refractivity contribution in [2.24, 2.45) is 0 Å². The lowest BCUT2D eigenvalue weighted by atomic mass is 9.98. The molecule has 1 aromatic heterocycles. The lowest BCUT2D eigenvalue weighted by Gasteiger charge is -2.17. The predicted octanol–water partition coefficient (Wildman–Crippen LogP) is 3.40. The summed E-state index contributed by atoms with van der Waals surface area (Å²) in [4.78, 5) is 15.5. The normalized spacial score (nSPS) is 21.4. The van der Waals surface area contributed by atoms with Gasteiger partial charge in [-0.25, -0.2) is 14.2 Å². The van der Waals surface area contributed by atoms with Crippen LogP contribution in [0.5, 0.6) is 0 Å². The summed E-state index contributed by atoms with van der Waals surface area (Å²) in [5.41, 5.74) is 1.33. The average molecular weight is 293 g/mol. The molecule has 0 bridgehead atoms. The van der Waals surface area contributed by atoms with Gasteiger partial charge in [0.2, 0.25) is 0 Å². The van der Waals surface area contributed by atoms with Crippen LogP contribution in [0.4, 0.5) is 9.18 Å². The monoisotopic (exact) mass is 292 g/mol. The number of rotatable bonds is 2. The van der Waals surface area contributed by atoms with Gasteiger partial charge in [-0.1, -0.05) is 29.8 Å². The van der Waals surface area contributed by atoms with E-state index in [4.69, 9.17) is 16.3 Å². The maximum Gasteiger partial charge on any atom is 0.408 e. The van der Waals surface area contributed by atoms with E-state index in [1.807, 2.05) is 0 Å². The van der Waals surface area contributed by atoms with Crippen molar-refractivity contribution in [3.05, 3.63) is 64.7 Å². The number of cyclic esters (lactones) is 1. The topological polar surface area (TPSA) is 51.2 Å². The van der Waals surface area contributed by atoms with Crippen LogP contribution in [0.25, 0.3) is 0 Å². The number of aromatic nitrogens is 1. The van der Waals surface area contributed by atoms with Crippen LogP contribution < -0.4 is 5.32 Å². The van der Waals surface area contributed by atoms with Crippen molar-refractivity contribution in [2.75, 3.05) is 0 Å². The molecule has 2 atom stereocenters. The van der Waals surface area contributed by atoms with Crippen molar-refractivity contribution < 1.29 is 13.9 Å². The zero-order chi connectivity index (χ0) is 14.1. The van der Waals surface area contributed by atoms with Crippen LogP contribution in [0.1, 0.15) is 23.3 Å². The number of amides is 1. The minimum Gasteiger partial charge on any atom is -0.439 e. The van der Waals surface area contributed by atoms with Gasteiger partial charge in [0.1, 0.15) is 17.0 Å². The van der Waals surface area contributed by atoms with E-state index in [-0.39, 0.29) is 5.82 Å². The first kappa shape index (κ1) is 12.9. The highest BCUT2D eigenvalue weighted by atomic mass is 35.5. The molecule has 0 radical (unpaired) electrons. The Morgan fingerprint density at radius 3 is 2.80 bits per heavy atom. The maximum absolute atomic E-state index is 13.3. The summed E-state index contributed by atoms with van der Waals surface area (Å²) in [5, 5.41) is 3.05. The van der Waals surface area contributed by atoms with Crippen LogP contribution in [-0.2, 0) is 4.74 Å². The first-order chi connectivity index (χ1) is 9.63. The fraction of sp³-hybridized carbons (Fsp3) is 0.143. The molecule has 1 amide bonds. The SMILES string of the molecule is O=C1NC(c2ccc(Cl)nc2)[C@@H](c2cccc(F)c2)O1. The Labute approximate surface area is 119 Å². The van der Waals surface area contributed by atoms with Gasteiger partial charge in [-0.2, -0.15) is 0 Å². The molecule has 0 aliphatic carbocycles. The molecule has 6 heteroatoms. The van der Waals surface area contributed by atoms with Crippen LogP contribution in [0.15, 0.2) is 42.6 Å². The Balaban J connectivity index is 1.96. The van der Waals surface area contributed by atoms with Gasteiger partial charge in [-0.05, 0) is 29.3 Å². The quantitative estimate of drug-likeness (QED) is 0.863. The lowest BCUT2D eigenvalue weighted by Crippen LogP contribution is -2.19. The molecule has 1 aliphatic heterocycles. The van der Waals surface area contributed by atoms with Crippen molar-refractivity contribution in [2.45, 2.75) is 12.1 Å². The Kier molecular flexibility index (Phi) is 3.28. The van der Waals surface area contributed by atoms with E-state index in [0.717, 1.165) is 5.56 Å². The Hall–Kier alpha value is -2.14. The second-order valence-corrected chi connectivity index (χ2v) is 4.80. The van der Waals surface area contributed by atoms with Gasteiger partial charge in [0.05, 0.1) is 0 Å². The molecule has 1 fully saturated rings. The summed E-state index contributed by atoms with van der Waals surface area (Å²) in [5.74, 6) is -0.376. The molecule has 1 saturated heterocycles. The molecule has 1 aliphatic rings. The first-order valence-corrected chi connectivity index (χ1v) is 6.35. The van der Waals surface area contributed by atoms with Gasteiger partial charge >= 0.3 is 6.09 Å². The number of carbonyl (C=O) groups excluding carboxylic acids is 1. The number of hydrogen-bond acceptors (Lipinski definition) is 3. The molecule has 0 spiro atoms. The Morgan fingerprint density at radius 1 is 1.25 bits per heavy atom. The number of pyridine rings is 1. The first-order valence-electron chi connectivity index (χ1n) is 5.97. The summed E-state index contributed by atoms with van der Waals surface area (Å²) in [7, 11) is 0. The zero-order valence-corrected chi connectivity index (χ0v) is 11.0. The van der Waals surface area contributed by atoms with E-state index in [1.165, 1.54) is 12.1 Å². The maximum atomic E-state index is 13.3. The second kappa shape index (κ2) is 5.09. The van der Waals surface area contributed by atoms with Gasteiger partial charge in [0.25, 0.3) is 0 Å². The smallest absolute Gasteiger partial charge is 0.408 e. The van der Waals surface area contributed by atoms with E-state index in [9.17, 15) is 9.18 Å². The highest BCUT2D eigenvalue weighted by Gasteiger charge is 2.36.